The quantitative estimate of drug-likeness (QED) is 0.274. The highest BCUT2D eigenvalue weighted by Crippen LogP contribution is 1.69. The normalized spacial score (nSPS) is 13.8. The van der Waals surface area contributed by atoms with Gasteiger partial charge in [0.05, 0.1) is 0 Å². The maximum atomic E-state index is 9.31. The van der Waals surface area contributed by atoms with E-state index in [9.17, 15) is 4.21 Å². The summed E-state index contributed by atoms with van der Waals surface area (Å²) in [4.78, 5) is 0. The van der Waals surface area contributed by atoms with Gasteiger partial charge in [-0.3, -0.25) is 0 Å². The molecular formula is H3BO4S. The van der Waals surface area contributed by atoms with Crippen molar-refractivity contribution in [3.8, 4) is 0 Å². The summed E-state index contributed by atoms with van der Waals surface area (Å²) >= 11 is 0. The zero-order valence-electron chi connectivity index (χ0n) is 2.74. The van der Waals surface area contributed by atoms with Crippen LogP contribution < -0.4 is 0 Å². The molecule has 4 nitrogen and oxygen atoms in total. The van der Waals surface area contributed by atoms with E-state index in [1.165, 1.54) is 0 Å². The average molecular weight is 110 g/mol. The van der Waals surface area contributed by atoms with Gasteiger partial charge in [-0.15, -0.1) is 0 Å². The van der Waals surface area contributed by atoms with E-state index in [1.807, 2.05) is 0 Å². The van der Waals surface area contributed by atoms with Gasteiger partial charge in [0.1, 0.15) is 0 Å². The van der Waals surface area contributed by atoms with Crippen LogP contribution >= 0.6 is 0 Å². The van der Waals surface area contributed by atoms with Crippen LogP contribution in [0.1, 0.15) is 0 Å². The first kappa shape index (κ1) is 6.09. The van der Waals surface area contributed by atoms with E-state index in [0.717, 1.165) is 0 Å². The molecule has 0 fully saturated rings. The molecule has 0 aliphatic carbocycles. The smallest absolute Gasteiger partial charge is 0.415 e. The van der Waals surface area contributed by atoms with Crippen molar-refractivity contribution in [2.75, 3.05) is 0 Å². The van der Waals surface area contributed by atoms with E-state index in [-0.39, 0.29) is 0 Å². The molecule has 0 rings (SSSR count). The minimum atomic E-state index is -2.51. The lowest BCUT2D eigenvalue weighted by Crippen LogP contribution is -2.17. The van der Waals surface area contributed by atoms with E-state index in [0.29, 0.717) is 0 Å². The molecule has 1 atom stereocenters. The van der Waals surface area contributed by atoms with Gasteiger partial charge in [0.2, 0.25) is 0 Å². The highest BCUT2D eigenvalue weighted by Gasteiger charge is 2.13. The first-order valence-corrected chi connectivity index (χ1v) is 2.27. The molecule has 0 spiro atoms. The summed E-state index contributed by atoms with van der Waals surface area (Å²) in [7, 11) is -2.51. The fraction of sp³-hybridized carbons (Fsp3) is 0. The molecule has 0 aromatic rings. The highest BCUT2D eigenvalue weighted by atomic mass is 32.2. The molecule has 0 aromatic heterocycles. The third-order valence-corrected chi connectivity index (χ3v) is 0.541. The Hall–Kier alpha value is 0.0949. The van der Waals surface area contributed by atoms with Crippen LogP contribution in [0.25, 0.3) is 0 Å². The van der Waals surface area contributed by atoms with Crippen molar-refractivity contribution in [2.45, 2.75) is 0 Å². The van der Waals surface area contributed by atoms with E-state index < -0.39 is 17.3 Å². The molecule has 0 aliphatic rings. The van der Waals surface area contributed by atoms with Crippen molar-refractivity contribution in [1.29, 1.82) is 0 Å². The van der Waals surface area contributed by atoms with Crippen molar-refractivity contribution < 1.29 is 18.8 Å². The molecular weight excluding hydrogens is 107 g/mol. The van der Waals surface area contributed by atoms with Crippen molar-refractivity contribution in [3.63, 3.8) is 0 Å². The second-order valence-corrected chi connectivity index (χ2v) is 1.58. The van der Waals surface area contributed by atoms with Crippen LogP contribution in [0, 0.1) is 0 Å². The van der Waals surface area contributed by atoms with Gasteiger partial charge in [0.25, 0.3) is 0 Å². The molecule has 6 heavy (non-hydrogen) atoms. The van der Waals surface area contributed by atoms with Gasteiger partial charge in [-0.2, -0.15) is 0 Å². The second-order valence-electron chi connectivity index (χ2n) is 0.602. The first-order chi connectivity index (χ1) is 2.64. The fourth-order valence-electron chi connectivity index (χ4n) is 0. The van der Waals surface area contributed by atoms with Crippen LogP contribution in [-0.4, -0.2) is 25.2 Å². The first-order valence-electron chi connectivity index (χ1n) is 1.10. The SMILES string of the molecule is O=S(O)B(O)O. The molecule has 0 saturated carbocycles. The van der Waals surface area contributed by atoms with Crippen molar-refractivity contribution in [3.05, 3.63) is 0 Å². The molecule has 36 valence electrons. The zero-order valence-corrected chi connectivity index (χ0v) is 3.55. The Kier molecular flexibility index (Phi) is 2.34. The molecule has 0 bridgehead atoms. The molecule has 0 amide bonds. The second kappa shape index (κ2) is 2.30. The summed E-state index contributed by atoms with van der Waals surface area (Å²) in [6, 6.07) is 0. The molecule has 0 aliphatic heterocycles. The van der Waals surface area contributed by atoms with Gasteiger partial charge < -0.3 is 14.6 Å². The molecule has 0 aromatic carbocycles. The lowest BCUT2D eigenvalue weighted by Gasteiger charge is -1.82. The predicted molar refractivity (Wildman–Crippen MR) is 21.0 cm³/mol. The standard InChI is InChI=1S/BH3O4S/c2-1(3)6(4)5/h2-3H,(H,4,5). The summed E-state index contributed by atoms with van der Waals surface area (Å²) in [5, 5.41) is 15.3. The summed E-state index contributed by atoms with van der Waals surface area (Å²) < 4.78 is 16.9. The Bertz CT molecular complexity index is 58.6. The fourth-order valence-corrected chi connectivity index (χ4v) is 0. The van der Waals surface area contributed by atoms with Crippen molar-refractivity contribution in [1.82, 2.24) is 0 Å². The maximum Gasteiger partial charge on any atom is 0.590 e. The topological polar surface area (TPSA) is 77.8 Å². The molecule has 3 N–H and O–H groups in total. The van der Waals surface area contributed by atoms with Gasteiger partial charge in [-0.05, 0) is 0 Å². The van der Waals surface area contributed by atoms with E-state index in [2.05, 4.69) is 0 Å². The molecule has 1 unspecified atom stereocenters. The molecule has 0 radical (unpaired) electrons. The Morgan fingerprint density at radius 3 is 1.67 bits per heavy atom. The third-order valence-electron chi connectivity index (χ3n) is 0.180. The van der Waals surface area contributed by atoms with Crippen LogP contribution in [0.15, 0.2) is 0 Å². The van der Waals surface area contributed by atoms with Crippen LogP contribution in [0.5, 0.6) is 0 Å². The van der Waals surface area contributed by atoms with Gasteiger partial charge in [0, 0.05) is 0 Å². The number of hydrogen-bond donors (Lipinski definition) is 3. The maximum absolute atomic E-state index is 9.31. The summed E-state index contributed by atoms with van der Waals surface area (Å²) in [5.41, 5.74) is 0. The van der Waals surface area contributed by atoms with Gasteiger partial charge in [-0.25, -0.2) is 4.21 Å². The Balaban J connectivity index is 3.26. The van der Waals surface area contributed by atoms with Gasteiger partial charge in [0.15, 0.2) is 10.9 Å². The van der Waals surface area contributed by atoms with Gasteiger partial charge in [-0.1, -0.05) is 0 Å². The van der Waals surface area contributed by atoms with E-state index in [1.54, 1.807) is 0 Å². The minimum absolute atomic E-state index is 2.12. The number of rotatable bonds is 1. The van der Waals surface area contributed by atoms with Crippen LogP contribution in [-0.2, 0) is 10.9 Å². The molecule has 0 saturated heterocycles. The van der Waals surface area contributed by atoms with Crippen LogP contribution in [0.4, 0.5) is 0 Å². The summed E-state index contributed by atoms with van der Waals surface area (Å²) in [6.07, 6.45) is -2.12. The number of hydrogen-bond acceptors (Lipinski definition) is 3. The lowest BCUT2D eigenvalue weighted by atomic mass is 10.4. The third kappa shape index (κ3) is 2.34. The van der Waals surface area contributed by atoms with E-state index >= 15 is 0 Å². The highest BCUT2D eigenvalue weighted by molar-refractivity contribution is 8.06. The Morgan fingerprint density at radius 2 is 1.67 bits per heavy atom. The van der Waals surface area contributed by atoms with Gasteiger partial charge >= 0.3 is 6.40 Å². The monoisotopic (exact) mass is 110 g/mol. The van der Waals surface area contributed by atoms with Crippen LogP contribution in [0.2, 0.25) is 0 Å². The average Bonchev–Trinajstić information content (AvgIpc) is 1.36. The van der Waals surface area contributed by atoms with E-state index in [4.69, 9.17) is 14.6 Å². The lowest BCUT2D eigenvalue weighted by molar-refractivity contribution is 0.424. The predicted octanol–water partition coefficient (Wildman–Crippen LogP) is -1.82. The van der Waals surface area contributed by atoms with Crippen molar-refractivity contribution in [2.24, 2.45) is 0 Å². The Morgan fingerprint density at radius 1 is 1.50 bits per heavy atom. The zero-order chi connectivity index (χ0) is 5.15. The largest absolute Gasteiger partial charge is 0.590 e. The van der Waals surface area contributed by atoms with Crippen LogP contribution in [0.3, 0.4) is 0 Å². The van der Waals surface area contributed by atoms with Crippen molar-refractivity contribution >= 4 is 17.3 Å². The molecule has 6 heteroatoms. The summed E-state index contributed by atoms with van der Waals surface area (Å²) in [5.74, 6) is 0. The Labute approximate surface area is 37.1 Å². The molecule has 0 heterocycles. The summed E-state index contributed by atoms with van der Waals surface area (Å²) in [6.45, 7) is 0. The minimum Gasteiger partial charge on any atom is -0.415 e.